The molecule has 0 atom stereocenters. The molecule has 0 bridgehead atoms. The van der Waals surface area contributed by atoms with Crippen LogP contribution in [-0.4, -0.2) is 32.2 Å². The van der Waals surface area contributed by atoms with Gasteiger partial charge in [0.2, 0.25) is 0 Å². The summed E-state index contributed by atoms with van der Waals surface area (Å²) in [5, 5.41) is 0. The van der Waals surface area contributed by atoms with Crippen LogP contribution in [-0.2, 0) is 4.79 Å². The van der Waals surface area contributed by atoms with Gasteiger partial charge in [-0.05, 0) is 25.9 Å². The second-order valence-electron chi connectivity index (χ2n) is 2.78. The third kappa shape index (κ3) is 1.82. The van der Waals surface area contributed by atoms with Crippen LogP contribution in [0.5, 0.6) is 0 Å². The van der Waals surface area contributed by atoms with Gasteiger partial charge in [0.05, 0.1) is 0 Å². The topological polar surface area (TPSA) is 20.3 Å². The van der Waals surface area contributed by atoms with Gasteiger partial charge in [-0.15, -0.1) is 0 Å². The summed E-state index contributed by atoms with van der Waals surface area (Å²) in [5.41, 5.74) is 0. The van der Waals surface area contributed by atoms with Gasteiger partial charge in [0, 0.05) is 5.92 Å². The van der Waals surface area contributed by atoms with Gasteiger partial charge < -0.3 is 9.61 Å². The van der Waals surface area contributed by atoms with Gasteiger partial charge in [-0.2, -0.15) is 0 Å². The number of carbonyl (C=O) groups is 1. The van der Waals surface area contributed by atoms with Crippen LogP contribution in [0, 0.1) is 5.92 Å². The minimum atomic E-state index is 0.348. The standard InChI is InChI=1S/C6H12BNO/c7-8-3-1-6(5-9)2-4-8/h5-6H,1-4,7H2. The summed E-state index contributed by atoms with van der Waals surface area (Å²) in [6, 6.07) is 0. The Bertz CT molecular complexity index is 99.2. The van der Waals surface area contributed by atoms with Gasteiger partial charge in [0.25, 0.3) is 0 Å². The van der Waals surface area contributed by atoms with E-state index in [9.17, 15) is 4.79 Å². The number of carbonyl (C=O) groups excluding carboxylic acids is 1. The van der Waals surface area contributed by atoms with Crippen LogP contribution in [0.4, 0.5) is 0 Å². The maximum absolute atomic E-state index is 10.2. The SMILES string of the molecule is BN1CCC(C=O)CC1. The van der Waals surface area contributed by atoms with E-state index >= 15 is 0 Å². The lowest BCUT2D eigenvalue weighted by Crippen LogP contribution is -2.31. The molecule has 1 rings (SSSR count). The summed E-state index contributed by atoms with van der Waals surface area (Å²) >= 11 is 0. The molecule has 0 aromatic rings. The molecule has 1 aliphatic heterocycles. The first-order chi connectivity index (χ1) is 4.33. The molecule has 1 heterocycles. The Hall–Kier alpha value is -0.305. The molecule has 3 heteroatoms. The van der Waals surface area contributed by atoms with Crippen LogP contribution in [0.15, 0.2) is 0 Å². The van der Waals surface area contributed by atoms with E-state index in [0.717, 1.165) is 32.2 Å². The van der Waals surface area contributed by atoms with E-state index in [4.69, 9.17) is 0 Å². The summed E-state index contributed by atoms with van der Waals surface area (Å²) < 4.78 is 0. The van der Waals surface area contributed by atoms with Crippen LogP contribution in [0.1, 0.15) is 12.8 Å². The van der Waals surface area contributed by atoms with Gasteiger partial charge >= 0.3 is 0 Å². The van der Waals surface area contributed by atoms with Gasteiger partial charge in [0.1, 0.15) is 6.29 Å². The zero-order chi connectivity index (χ0) is 6.69. The number of hydrogen-bond donors (Lipinski definition) is 0. The second-order valence-corrected chi connectivity index (χ2v) is 2.78. The predicted octanol–water partition coefficient (Wildman–Crippen LogP) is -0.555. The molecule has 0 N–H and O–H groups in total. The highest BCUT2D eigenvalue weighted by atomic mass is 16.1. The Morgan fingerprint density at radius 2 is 2.00 bits per heavy atom. The van der Waals surface area contributed by atoms with Crippen molar-refractivity contribution in [3.63, 3.8) is 0 Å². The Morgan fingerprint density at radius 1 is 1.44 bits per heavy atom. The predicted molar refractivity (Wildman–Crippen MR) is 38.9 cm³/mol. The quantitative estimate of drug-likeness (QED) is 0.346. The third-order valence-corrected chi connectivity index (χ3v) is 1.96. The van der Waals surface area contributed by atoms with E-state index in [2.05, 4.69) is 12.8 Å². The van der Waals surface area contributed by atoms with E-state index in [-0.39, 0.29) is 0 Å². The highest BCUT2D eigenvalue weighted by molar-refractivity contribution is 6.04. The lowest BCUT2D eigenvalue weighted by molar-refractivity contribution is -0.112. The van der Waals surface area contributed by atoms with Crippen molar-refractivity contribution in [3.8, 4) is 0 Å². The van der Waals surface area contributed by atoms with Crippen molar-refractivity contribution in [1.82, 2.24) is 4.81 Å². The first kappa shape index (κ1) is 6.81. The molecule has 0 aromatic heterocycles. The Morgan fingerprint density at radius 3 is 2.44 bits per heavy atom. The molecule has 0 amide bonds. The first-order valence-electron chi connectivity index (χ1n) is 3.47. The van der Waals surface area contributed by atoms with Crippen molar-refractivity contribution in [3.05, 3.63) is 0 Å². The van der Waals surface area contributed by atoms with Crippen LogP contribution >= 0.6 is 0 Å². The minimum Gasteiger partial charge on any atom is -0.349 e. The third-order valence-electron chi connectivity index (χ3n) is 1.96. The largest absolute Gasteiger partial charge is 0.349 e. The number of aldehydes is 1. The lowest BCUT2D eigenvalue weighted by atomic mass is 9.97. The average molecular weight is 125 g/mol. The fourth-order valence-electron chi connectivity index (χ4n) is 1.16. The Balaban J connectivity index is 2.26. The summed E-state index contributed by atoms with van der Waals surface area (Å²) in [7, 11) is 2.10. The van der Waals surface area contributed by atoms with Crippen LogP contribution in [0.25, 0.3) is 0 Å². The highest BCUT2D eigenvalue weighted by Crippen LogP contribution is 2.11. The van der Waals surface area contributed by atoms with Gasteiger partial charge in [-0.3, -0.25) is 0 Å². The van der Waals surface area contributed by atoms with Crippen molar-refractivity contribution < 1.29 is 4.79 Å². The molecule has 0 saturated carbocycles. The molecule has 0 aliphatic carbocycles. The molecule has 1 saturated heterocycles. The molecule has 0 aromatic carbocycles. The number of piperidine rings is 1. The van der Waals surface area contributed by atoms with E-state index < -0.39 is 0 Å². The fourth-order valence-corrected chi connectivity index (χ4v) is 1.16. The number of nitrogens with zero attached hydrogens (tertiary/aromatic N) is 1. The highest BCUT2D eigenvalue weighted by Gasteiger charge is 2.14. The van der Waals surface area contributed by atoms with E-state index in [1.54, 1.807) is 0 Å². The summed E-state index contributed by atoms with van der Waals surface area (Å²) in [6.07, 6.45) is 3.20. The van der Waals surface area contributed by atoms with Crippen molar-refractivity contribution in [2.24, 2.45) is 5.92 Å². The first-order valence-corrected chi connectivity index (χ1v) is 3.47. The van der Waals surface area contributed by atoms with E-state index in [1.807, 2.05) is 0 Å². The van der Waals surface area contributed by atoms with E-state index in [0.29, 0.717) is 5.92 Å². The van der Waals surface area contributed by atoms with Crippen LogP contribution in [0.2, 0.25) is 0 Å². The Labute approximate surface area is 56.7 Å². The average Bonchev–Trinajstić information content (AvgIpc) is 1.90. The van der Waals surface area contributed by atoms with Gasteiger partial charge in [-0.1, -0.05) is 0 Å². The van der Waals surface area contributed by atoms with E-state index in [1.165, 1.54) is 0 Å². The molecule has 1 aliphatic rings. The molecular weight excluding hydrogens is 113 g/mol. The number of hydrogen-bond acceptors (Lipinski definition) is 2. The molecule has 0 spiro atoms. The molecule has 50 valence electrons. The molecule has 0 unspecified atom stereocenters. The second kappa shape index (κ2) is 3.02. The smallest absolute Gasteiger partial charge is 0.185 e. The molecule has 1 fully saturated rings. The fraction of sp³-hybridized carbons (Fsp3) is 0.833. The summed E-state index contributed by atoms with van der Waals surface area (Å²) in [4.78, 5) is 12.5. The van der Waals surface area contributed by atoms with Crippen molar-refractivity contribution in [2.45, 2.75) is 12.8 Å². The number of rotatable bonds is 1. The Kier molecular flexibility index (Phi) is 2.28. The van der Waals surface area contributed by atoms with Crippen molar-refractivity contribution in [1.29, 1.82) is 0 Å². The normalized spacial score (nSPS) is 24.0. The zero-order valence-corrected chi connectivity index (χ0v) is 5.84. The molecule has 2 nitrogen and oxygen atoms in total. The molecular formula is C6H12BNO. The van der Waals surface area contributed by atoms with Crippen LogP contribution in [0.3, 0.4) is 0 Å². The molecule has 9 heavy (non-hydrogen) atoms. The van der Waals surface area contributed by atoms with Crippen LogP contribution < -0.4 is 0 Å². The summed E-state index contributed by atoms with van der Waals surface area (Å²) in [6.45, 7) is 2.17. The summed E-state index contributed by atoms with van der Waals surface area (Å²) in [5.74, 6) is 0.348. The minimum absolute atomic E-state index is 0.348. The zero-order valence-electron chi connectivity index (χ0n) is 5.84. The van der Waals surface area contributed by atoms with Crippen molar-refractivity contribution in [2.75, 3.05) is 13.1 Å². The van der Waals surface area contributed by atoms with Gasteiger partial charge in [0.15, 0.2) is 7.98 Å². The monoisotopic (exact) mass is 125 g/mol. The maximum atomic E-state index is 10.2. The van der Waals surface area contributed by atoms with Crippen molar-refractivity contribution >= 4 is 14.3 Å². The lowest BCUT2D eigenvalue weighted by Gasteiger charge is -2.25. The molecule has 0 radical (unpaired) electrons. The van der Waals surface area contributed by atoms with Gasteiger partial charge in [-0.25, -0.2) is 0 Å². The maximum Gasteiger partial charge on any atom is 0.185 e.